The fourth-order valence-corrected chi connectivity index (χ4v) is 1.57. The first-order valence-electron chi connectivity index (χ1n) is 5.86. The van der Waals surface area contributed by atoms with Gasteiger partial charge in [0, 0.05) is 7.05 Å². The summed E-state index contributed by atoms with van der Waals surface area (Å²) in [6.07, 6.45) is 1.30. The minimum Gasteiger partial charge on any atom is -0.478 e. The fourth-order valence-electron chi connectivity index (χ4n) is 1.57. The molecular formula is C12H12FN5O3. The average Bonchev–Trinajstić information content (AvgIpc) is 2.93. The minimum atomic E-state index is -1.21. The number of carboxylic acids is 1. The van der Waals surface area contributed by atoms with Crippen LogP contribution in [0.15, 0.2) is 24.5 Å². The number of urea groups is 1. The number of carbonyl (C=O) groups excluding carboxylic acids is 1. The smallest absolute Gasteiger partial charge is 0.335 e. The van der Waals surface area contributed by atoms with Gasteiger partial charge in [-0.15, -0.1) is 0 Å². The van der Waals surface area contributed by atoms with Gasteiger partial charge in [0.2, 0.25) is 0 Å². The Morgan fingerprint density at radius 1 is 1.48 bits per heavy atom. The fraction of sp³-hybridized carbons (Fsp3) is 0.167. The Morgan fingerprint density at radius 2 is 2.24 bits per heavy atom. The summed E-state index contributed by atoms with van der Waals surface area (Å²) < 4.78 is 13.6. The van der Waals surface area contributed by atoms with Crippen LogP contribution in [0.4, 0.5) is 14.9 Å². The van der Waals surface area contributed by atoms with E-state index in [1.165, 1.54) is 18.3 Å². The molecule has 2 amide bonds. The SMILES string of the molecule is CN(Cc1ncn[nH]1)C(=O)Nc1cc(C(=O)O)ccc1F. The van der Waals surface area contributed by atoms with Crippen molar-refractivity contribution >= 4 is 17.7 Å². The first-order valence-corrected chi connectivity index (χ1v) is 5.86. The molecule has 8 nitrogen and oxygen atoms in total. The van der Waals surface area contributed by atoms with Crippen LogP contribution in [-0.2, 0) is 6.54 Å². The van der Waals surface area contributed by atoms with E-state index >= 15 is 0 Å². The van der Waals surface area contributed by atoms with Crippen LogP contribution in [0.1, 0.15) is 16.2 Å². The van der Waals surface area contributed by atoms with Crippen molar-refractivity contribution in [2.75, 3.05) is 12.4 Å². The number of halogens is 1. The summed E-state index contributed by atoms with van der Waals surface area (Å²) in [5.74, 6) is -1.46. The topological polar surface area (TPSA) is 111 Å². The normalized spacial score (nSPS) is 10.2. The summed E-state index contributed by atoms with van der Waals surface area (Å²) in [6.45, 7) is 0.145. The van der Waals surface area contributed by atoms with Gasteiger partial charge >= 0.3 is 12.0 Å². The molecule has 0 aliphatic heterocycles. The molecule has 0 bridgehead atoms. The van der Waals surface area contributed by atoms with E-state index in [1.54, 1.807) is 0 Å². The Bertz CT molecular complexity index is 659. The molecule has 21 heavy (non-hydrogen) atoms. The van der Waals surface area contributed by atoms with Gasteiger partial charge in [0.25, 0.3) is 0 Å². The Labute approximate surface area is 118 Å². The van der Waals surface area contributed by atoms with Crippen LogP contribution in [0, 0.1) is 5.82 Å². The van der Waals surface area contributed by atoms with Crippen molar-refractivity contribution in [3.63, 3.8) is 0 Å². The van der Waals surface area contributed by atoms with E-state index in [1.807, 2.05) is 0 Å². The minimum absolute atomic E-state index is 0.121. The lowest BCUT2D eigenvalue weighted by atomic mass is 10.2. The zero-order valence-electron chi connectivity index (χ0n) is 11.0. The molecule has 1 heterocycles. The maximum Gasteiger partial charge on any atom is 0.335 e. The van der Waals surface area contributed by atoms with Gasteiger partial charge in [0.1, 0.15) is 18.0 Å². The van der Waals surface area contributed by atoms with Crippen LogP contribution in [0.25, 0.3) is 0 Å². The third-order valence-corrected chi connectivity index (χ3v) is 2.65. The van der Waals surface area contributed by atoms with Crippen molar-refractivity contribution in [3.05, 3.63) is 41.7 Å². The van der Waals surface area contributed by atoms with Crippen molar-refractivity contribution < 1.29 is 19.1 Å². The summed E-state index contributed by atoms with van der Waals surface area (Å²) in [6, 6.07) is 2.55. The highest BCUT2D eigenvalue weighted by Gasteiger charge is 2.14. The summed E-state index contributed by atoms with van der Waals surface area (Å²) in [5, 5.41) is 17.4. The lowest BCUT2D eigenvalue weighted by Crippen LogP contribution is -2.31. The highest BCUT2D eigenvalue weighted by Crippen LogP contribution is 2.17. The Hall–Kier alpha value is -2.97. The maximum atomic E-state index is 13.6. The number of aromatic nitrogens is 3. The quantitative estimate of drug-likeness (QED) is 0.787. The molecule has 0 unspecified atom stereocenters. The zero-order valence-corrected chi connectivity index (χ0v) is 11.0. The molecule has 1 aromatic heterocycles. The number of amides is 2. The van der Waals surface area contributed by atoms with Crippen LogP contribution >= 0.6 is 0 Å². The number of H-pyrrole nitrogens is 1. The number of hydrogen-bond acceptors (Lipinski definition) is 4. The van der Waals surface area contributed by atoms with Crippen LogP contribution in [0.5, 0.6) is 0 Å². The summed E-state index contributed by atoms with van der Waals surface area (Å²) in [7, 11) is 1.48. The van der Waals surface area contributed by atoms with Gasteiger partial charge in [0.15, 0.2) is 0 Å². The second kappa shape index (κ2) is 5.99. The predicted molar refractivity (Wildman–Crippen MR) is 70.2 cm³/mol. The zero-order chi connectivity index (χ0) is 15.4. The molecule has 0 saturated heterocycles. The maximum absolute atomic E-state index is 13.6. The van der Waals surface area contributed by atoms with Crippen molar-refractivity contribution in [3.8, 4) is 0 Å². The number of hydrogen-bond donors (Lipinski definition) is 3. The van der Waals surface area contributed by atoms with E-state index < -0.39 is 17.8 Å². The van der Waals surface area contributed by atoms with Gasteiger partial charge in [-0.3, -0.25) is 5.10 Å². The molecule has 110 valence electrons. The van der Waals surface area contributed by atoms with Crippen molar-refractivity contribution in [2.45, 2.75) is 6.54 Å². The molecule has 0 fully saturated rings. The largest absolute Gasteiger partial charge is 0.478 e. The van der Waals surface area contributed by atoms with Crippen LogP contribution < -0.4 is 5.32 Å². The molecule has 0 aliphatic carbocycles. The first-order chi connectivity index (χ1) is 9.97. The summed E-state index contributed by atoms with van der Waals surface area (Å²) in [5.41, 5.74) is -0.325. The highest BCUT2D eigenvalue weighted by molar-refractivity contribution is 5.93. The van der Waals surface area contributed by atoms with Crippen LogP contribution in [-0.4, -0.2) is 44.2 Å². The first kappa shape index (κ1) is 14.4. The second-order valence-electron chi connectivity index (χ2n) is 4.22. The standard InChI is InChI=1S/C12H12FN5O3/c1-18(5-10-14-6-15-17-10)12(21)16-9-4-7(11(19)20)2-3-8(9)13/h2-4,6H,5H2,1H3,(H,16,21)(H,19,20)(H,14,15,17). The van der Waals surface area contributed by atoms with Crippen molar-refractivity contribution in [1.82, 2.24) is 20.1 Å². The van der Waals surface area contributed by atoms with Crippen molar-refractivity contribution in [1.29, 1.82) is 0 Å². The van der Waals surface area contributed by atoms with Gasteiger partial charge in [-0.25, -0.2) is 19.0 Å². The molecule has 0 spiro atoms. The van der Waals surface area contributed by atoms with E-state index in [-0.39, 0.29) is 17.8 Å². The number of aromatic amines is 1. The third kappa shape index (κ3) is 3.53. The van der Waals surface area contributed by atoms with Gasteiger partial charge in [0.05, 0.1) is 17.8 Å². The number of aromatic carboxylic acids is 1. The van der Waals surface area contributed by atoms with Gasteiger partial charge in [-0.2, -0.15) is 5.10 Å². The molecule has 1 aromatic carbocycles. The van der Waals surface area contributed by atoms with E-state index in [9.17, 15) is 14.0 Å². The lowest BCUT2D eigenvalue weighted by molar-refractivity contribution is 0.0697. The molecule has 0 radical (unpaired) electrons. The number of benzene rings is 1. The number of anilines is 1. The molecule has 2 rings (SSSR count). The van der Waals surface area contributed by atoms with Crippen molar-refractivity contribution in [2.24, 2.45) is 0 Å². The van der Waals surface area contributed by atoms with E-state index in [4.69, 9.17) is 5.11 Å². The molecule has 0 aliphatic rings. The Balaban J connectivity index is 2.08. The summed E-state index contributed by atoms with van der Waals surface area (Å²) in [4.78, 5) is 27.8. The van der Waals surface area contributed by atoms with E-state index in [0.717, 1.165) is 18.2 Å². The van der Waals surface area contributed by atoms with Gasteiger partial charge in [-0.05, 0) is 18.2 Å². The number of carbonyl (C=O) groups is 2. The highest BCUT2D eigenvalue weighted by atomic mass is 19.1. The summed E-state index contributed by atoms with van der Waals surface area (Å²) >= 11 is 0. The number of nitrogens with zero attached hydrogens (tertiary/aromatic N) is 3. The second-order valence-corrected chi connectivity index (χ2v) is 4.22. The molecule has 3 N–H and O–H groups in total. The Morgan fingerprint density at radius 3 is 2.86 bits per heavy atom. The Kier molecular flexibility index (Phi) is 4.12. The molecule has 0 saturated carbocycles. The lowest BCUT2D eigenvalue weighted by Gasteiger charge is -2.17. The van der Waals surface area contributed by atoms with Gasteiger partial charge < -0.3 is 15.3 Å². The predicted octanol–water partition coefficient (Wildman–Crippen LogP) is 1.31. The van der Waals surface area contributed by atoms with E-state index in [2.05, 4.69) is 20.5 Å². The molecule has 0 atom stereocenters. The van der Waals surface area contributed by atoms with Crippen LogP contribution in [0.3, 0.4) is 0 Å². The molecule has 9 heteroatoms. The van der Waals surface area contributed by atoms with E-state index in [0.29, 0.717) is 5.82 Å². The van der Waals surface area contributed by atoms with Crippen LogP contribution in [0.2, 0.25) is 0 Å². The number of nitrogens with one attached hydrogen (secondary N) is 2. The number of carboxylic acid groups (broad SMARTS) is 1. The van der Waals surface area contributed by atoms with Gasteiger partial charge in [-0.1, -0.05) is 0 Å². The monoisotopic (exact) mass is 293 g/mol. The molecular weight excluding hydrogens is 281 g/mol. The third-order valence-electron chi connectivity index (χ3n) is 2.65. The average molecular weight is 293 g/mol. The molecule has 2 aromatic rings. The number of rotatable bonds is 4.